The van der Waals surface area contributed by atoms with Gasteiger partial charge in [-0.1, -0.05) is 6.92 Å². The molecule has 0 aliphatic rings. The molecule has 3 nitrogen and oxygen atoms in total. The molecule has 0 spiro atoms. The maximum atomic E-state index is 10.7. The Kier molecular flexibility index (Phi) is 3.97. The summed E-state index contributed by atoms with van der Waals surface area (Å²) < 4.78 is 6.44. The van der Waals surface area contributed by atoms with Gasteiger partial charge in [0.05, 0.1) is 10.0 Å². The van der Waals surface area contributed by atoms with Crippen LogP contribution in [-0.2, 0) is 0 Å². The van der Waals surface area contributed by atoms with Crippen LogP contribution < -0.4 is 4.74 Å². The highest BCUT2D eigenvalue weighted by Crippen LogP contribution is 2.30. The number of carboxylic acids is 1. The number of hydrogen-bond donors (Lipinski definition) is 1. The lowest BCUT2D eigenvalue weighted by atomic mass is 10.1. The zero-order chi connectivity index (χ0) is 12.3. The van der Waals surface area contributed by atoms with E-state index >= 15 is 0 Å². The van der Waals surface area contributed by atoms with Crippen molar-refractivity contribution < 1.29 is 14.6 Å². The molecule has 88 valence electrons. The largest absolute Gasteiger partial charge is 0.487 e. The number of carbonyl (C=O) groups is 1. The third-order valence-electron chi connectivity index (χ3n) is 2.42. The summed E-state index contributed by atoms with van der Waals surface area (Å²) in [5.74, 6) is -0.279. The predicted molar refractivity (Wildman–Crippen MR) is 66.1 cm³/mol. The number of aromatic carboxylic acids is 1. The number of carboxylic acid groups (broad SMARTS) is 1. The molecule has 1 aromatic carbocycles. The number of hydrogen-bond acceptors (Lipinski definition) is 2. The molecule has 0 radical (unpaired) electrons. The summed E-state index contributed by atoms with van der Waals surface area (Å²) in [6.07, 6.45) is 0.875. The van der Waals surface area contributed by atoms with Gasteiger partial charge in [0.1, 0.15) is 11.4 Å². The monoisotopic (exact) mass is 286 g/mol. The minimum Gasteiger partial charge on any atom is -0.487 e. The van der Waals surface area contributed by atoms with Crippen LogP contribution in [0, 0.1) is 0 Å². The summed E-state index contributed by atoms with van der Waals surface area (Å²) >= 11 is 3.31. The Balaban J connectivity index is 2.96. The van der Waals surface area contributed by atoms with Crippen molar-refractivity contribution in [3.63, 3.8) is 0 Å². The van der Waals surface area contributed by atoms with Crippen molar-refractivity contribution in [2.24, 2.45) is 0 Å². The van der Waals surface area contributed by atoms with Gasteiger partial charge in [0.25, 0.3) is 0 Å². The number of rotatable bonds is 4. The van der Waals surface area contributed by atoms with Gasteiger partial charge in [-0.2, -0.15) is 0 Å². The third-order valence-corrected chi connectivity index (χ3v) is 3.04. The topological polar surface area (TPSA) is 46.5 Å². The van der Waals surface area contributed by atoms with Crippen LogP contribution in [0.15, 0.2) is 22.7 Å². The molecule has 1 aromatic rings. The van der Waals surface area contributed by atoms with Gasteiger partial charge in [-0.15, -0.1) is 0 Å². The minimum absolute atomic E-state index is 0.244. The highest BCUT2D eigenvalue weighted by atomic mass is 79.9. The number of benzene rings is 1. The summed E-state index contributed by atoms with van der Waals surface area (Å²) in [5, 5.41) is 8.82. The van der Waals surface area contributed by atoms with Gasteiger partial charge in [0.15, 0.2) is 0 Å². The molecule has 1 rings (SSSR count). The molecular weight excluding hydrogens is 272 g/mol. The first-order valence-corrected chi connectivity index (χ1v) is 5.87. The van der Waals surface area contributed by atoms with Crippen LogP contribution in [0.4, 0.5) is 0 Å². The van der Waals surface area contributed by atoms with Crippen LogP contribution in [0.25, 0.3) is 0 Å². The minimum atomic E-state index is -0.943. The second kappa shape index (κ2) is 4.87. The number of halogens is 1. The van der Waals surface area contributed by atoms with Crippen LogP contribution in [0.2, 0.25) is 0 Å². The Labute approximate surface area is 104 Å². The van der Waals surface area contributed by atoms with Crippen molar-refractivity contribution in [1.29, 1.82) is 0 Å². The highest BCUT2D eigenvalue weighted by Gasteiger charge is 2.18. The van der Waals surface area contributed by atoms with E-state index in [4.69, 9.17) is 9.84 Å². The van der Waals surface area contributed by atoms with Crippen molar-refractivity contribution >= 4 is 21.9 Å². The maximum Gasteiger partial charge on any atom is 0.335 e. The first-order chi connectivity index (χ1) is 7.35. The summed E-state index contributed by atoms with van der Waals surface area (Å²) in [5.41, 5.74) is -0.0127. The Bertz CT molecular complexity index is 399. The lowest BCUT2D eigenvalue weighted by Crippen LogP contribution is -2.27. The summed E-state index contributed by atoms with van der Waals surface area (Å²) in [4.78, 5) is 10.7. The van der Waals surface area contributed by atoms with Gasteiger partial charge in [-0.3, -0.25) is 0 Å². The normalized spacial score (nSPS) is 11.2. The van der Waals surface area contributed by atoms with E-state index in [-0.39, 0.29) is 11.2 Å². The molecule has 1 N–H and O–H groups in total. The molecule has 0 heterocycles. The van der Waals surface area contributed by atoms with Gasteiger partial charge >= 0.3 is 5.97 Å². The zero-order valence-corrected chi connectivity index (χ0v) is 11.2. The molecule has 0 fully saturated rings. The Morgan fingerprint density at radius 2 is 2.12 bits per heavy atom. The fraction of sp³-hybridized carbons (Fsp3) is 0.417. The molecule has 0 aliphatic heterocycles. The Morgan fingerprint density at radius 1 is 1.50 bits per heavy atom. The van der Waals surface area contributed by atoms with Gasteiger partial charge in [-0.25, -0.2) is 4.79 Å². The van der Waals surface area contributed by atoms with Crippen LogP contribution in [-0.4, -0.2) is 16.7 Å². The van der Waals surface area contributed by atoms with E-state index in [9.17, 15) is 4.79 Å². The third kappa shape index (κ3) is 3.23. The molecule has 0 aliphatic carbocycles. The first-order valence-electron chi connectivity index (χ1n) is 5.07. The van der Waals surface area contributed by atoms with E-state index in [1.807, 2.05) is 20.8 Å². The van der Waals surface area contributed by atoms with Crippen LogP contribution >= 0.6 is 15.9 Å². The molecule has 0 bridgehead atoms. The smallest absolute Gasteiger partial charge is 0.335 e. The van der Waals surface area contributed by atoms with Crippen LogP contribution in [0.3, 0.4) is 0 Å². The van der Waals surface area contributed by atoms with E-state index in [1.54, 1.807) is 12.1 Å². The van der Waals surface area contributed by atoms with Crippen molar-refractivity contribution in [1.82, 2.24) is 0 Å². The van der Waals surface area contributed by atoms with Crippen LogP contribution in [0.5, 0.6) is 5.75 Å². The molecule has 0 saturated carbocycles. The fourth-order valence-electron chi connectivity index (χ4n) is 1.09. The summed E-state index contributed by atoms with van der Waals surface area (Å²) in [6.45, 7) is 6.02. The molecule has 0 amide bonds. The number of ether oxygens (including phenoxy) is 1. The van der Waals surface area contributed by atoms with Gasteiger partial charge in [0, 0.05) is 0 Å². The maximum absolute atomic E-state index is 10.7. The fourth-order valence-corrected chi connectivity index (χ4v) is 1.55. The second-order valence-corrected chi connectivity index (χ2v) is 5.02. The van der Waals surface area contributed by atoms with E-state index < -0.39 is 5.97 Å². The Hall–Kier alpha value is -1.03. The van der Waals surface area contributed by atoms with Gasteiger partial charge in [-0.05, 0) is 54.4 Å². The van der Waals surface area contributed by atoms with Crippen molar-refractivity contribution in [2.75, 3.05) is 0 Å². The lowest BCUT2D eigenvalue weighted by Gasteiger charge is -2.25. The standard InChI is InChI=1S/C12H15BrO3/c1-4-12(2,3)16-10-6-5-8(11(14)15)7-9(10)13/h5-7H,4H2,1-3H3,(H,14,15). The average Bonchev–Trinajstić information content (AvgIpc) is 2.20. The molecule has 16 heavy (non-hydrogen) atoms. The van der Waals surface area contributed by atoms with Gasteiger partial charge < -0.3 is 9.84 Å². The molecule has 0 atom stereocenters. The quantitative estimate of drug-likeness (QED) is 0.918. The molecule has 0 saturated heterocycles. The van der Waals surface area contributed by atoms with Crippen molar-refractivity contribution in [3.05, 3.63) is 28.2 Å². The SMILES string of the molecule is CCC(C)(C)Oc1ccc(C(=O)O)cc1Br. The molecular formula is C12H15BrO3. The van der Waals surface area contributed by atoms with Gasteiger partial charge in [0.2, 0.25) is 0 Å². The molecule has 0 unspecified atom stereocenters. The van der Waals surface area contributed by atoms with E-state index in [1.165, 1.54) is 6.07 Å². The second-order valence-electron chi connectivity index (χ2n) is 4.17. The van der Waals surface area contributed by atoms with Crippen molar-refractivity contribution in [2.45, 2.75) is 32.8 Å². The summed E-state index contributed by atoms with van der Waals surface area (Å²) in [6, 6.07) is 4.75. The lowest BCUT2D eigenvalue weighted by molar-refractivity contribution is 0.0696. The highest BCUT2D eigenvalue weighted by molar-refractivity contribution is 9.10. The molecule has 0 aromatic heterocycles. The average molecular weight is 287 g/mol. The summed E-state index contributed by atoms with van der Waals surface area (Å²) in [7, 11) is 0. The van der Waals surface area contributed by atoms with E-state index in [2.05, 4.69) is 15.9 Å². The van der Waals surface area contributed by atoms with Crippen LogP contribution in [0.1, 0.15) is 37.6 Å². The zero-order valence-electron chi connectivity index (χ0n) is 9.58. The predicted octanol–water partition coefficient (Wildman–Crippen LogP) is 3.71. The molecule has 4 heteroatoms. The Morgan fingerprint density at radius 3 is 2.56 bits per heavy atom. The van der Waals surface area contributed by atoms with E-state index in [0.29, 0.717) is 10.2 Å². The first kappa shape index (κ1) is 13.0. The van der Waals surface area contributed by atoms with E-state index in [0.717, 1.165) is 6.42 Å². The van der Waals surface area contributed by atoms with Crippen molar-refractivity contribution in [3.8, 4) is 5.75 Å².